The van der Waals surface area contributed by atoms with E-state index < -0.39 is 18.2 Å². The Labute approximate surface area is 498 Å². The van der Waals surface area contributed by atoms with E-state index in [1.54, 1.807) is 12.3 Å². The second kappa shape index (κ2) is 22.5. The number of para-hydroxylation sites is 4. The van der Waals surface area contributed by atoms with E-state index in [4.69, 9.17) is 9.72 Å². The third-order valence-electron chi connectivity index (χ3n) is 16.1. The van der Waals surface area contributed by atoms with Gasteiger partial charge < -0.3 is 19.1 Å². The maximum Gasteiger partial charge on any atom is 0.135 e. The molecule has 0 N–H and O–H groups in total. The molecule has 1 saturated carbocycles. The van der Waals surface area contributed by atoms with Crippen molar-refractivity contribution in [1.29, 1.82) is 0 Å². The van der Waals surface area contributed by atoms with E-state index in [-0.39, 0.29) is 45.7 Å². The summed E-state index contributed by atoms with van der Waals surface area (Å²) < 4.78 is 47.9. The Morgan fingerprint density at radius 3 is 1.78 bits per heavy atom. The van der Waals surface area contributed by atoms with Crippen LogP contribution in [0.2, 0.25) is 0 Å². The zero-order valence-electron chi connectivity index (χ0n) is 50.7. The molecule has 11 aromatic rings. The molecule has 6 heteroatoms. The Morgan fingerprint density at radius 2 is 1.14 bits per heavy atom. The van der Waals surface area contributed by atoms with Crippen LogP contribution in [0.3, 0.4) is 0 Å². The molecule has 406 valence electrons. The first-order chi connectivity index (χ1) is 40.6. The van der Waals surface area contributed by atoms with Gasteiger partial charge in [-0.05, 0) is 111 Å². The third kappa shape index (κ3) is 9.88. The molecule has 1 fully saturated rings. The second-order valence-corrected chi connectivity index (χ2v) is 22.2. The predicted molar refractivity (Wildman–Crippen MR) is 333 cm³/mol. The van der Waals surface area contributed by atoms with Crippen molar-refractivity contribution in [2.24, 2.45) is 0 Å². The van der Waals surface area contributed by atoms with Crippen molar-refractivity contribution >= 4 is 44.6 Å². The largest absolute Gasteiger partial charge is 0.509 e. The fraction of sp³-hybridized carbons (Fsp3) is 0.200. The van der Waals surface area contributed by atoms with Gasteiger partial charge in [0.15, 0.2) is 0 Å². The molecular formula is C75H67N4OPt-3. The summed E-state index contributed by atoms with van der Waals surface area (Å²) in [6, 6.07) is 78.5. The molecule has 0 bridgehead atoms. The zero-order valence-corrected chi connectivity index (χ0v) is 48.9. The summed E-state index contributed by atoms with van der Waals surface area (Å²) in [5, 5.41) is 1.93. The van der Waals surface area contributed by atoms with Gasteiger partial charge >= 0.3 is 0 Å². The van der Waals surface area contributed by atoms with Gasteiger partial charge in [-0.2, -0.15) is 6.07 Å². The summed E-state index contributed by atoms with van der Waals surface area (Å²) >= 11 is 0. The molecule has 1 aliphatic heterocycles. The Kier molecular flexibility index (Phi) is 13.6. The fourth-order valence-corrected chi connectivity index (χ4v) is 12.2. The number of hydrogen-bond acceptors (Lipinski definition) is 4. The molecular weight excluding hydrogens is 1170 g/mol. The van der Waals surface area contributed by atoms with Crippen molar-refractivity contribution in [2.75, 3.05) is 9.80 Å². The normalized spacial score (nSPS) is 16.0. The topological polar surface area (TPSA) is 33.5 Å². The van der Waals surface area contributed by atoms with Crippen LogP contribution in [0.4, 0.5) is 22.7 Å². The molecule has 13 rings (SSSR count). The Bertz CT molecular complexity index is 4150. The van der Waals surface area contributed by atoms with Crippen molar-refractivity contribution in [2.45, 2.75) is 96.7 Å². The Hall–Kier alpha value is -7.98. The molecule has 81 heavy (non-hydrogen) atoms. The number of benzene rings is 9. The summed E-state index contributed by atoms with van der Waals surface area (Å²) in [6.07, 6.45) is -1.24. The second-order valence-electron chi connectivity index (χ2n) is 22.2. The minimum Gasteiger partial charge on any atom is -0.509 e. The molecule has 3 heterocycles. The average Bonchev–Trinajstić information content (AvgIpc) is 1.53. The summed E-state index contributed by atoms with van der Waals surface area (Å²) in [4.78, 5) is 9.58. The zero-order chi connectivity index (χ0) is 58.1. The molecule has 0 saturated heterocycles. The van der Waals surface area contributed by atoms with E-state index in [1.165, 1.54) is 22.3 Å². The quantitative estimate of drug-likeness (QED) is 0.108. The smallest absolute Gasteiger partial charge is 0.135 e. The van der Waals surface area contributed by atoms with Crippen molar-refractivity contribution < 1.29 is 31.3 Å². The minimum atomic E-state index is -1.92. The van der Waals surface area contributed by atoms with Crippen LogP contribution in [0.5, 0.6) is 11.5 Å². The Morgan fingerprint density at radius 1 is 0.531 bits per heavy atom. The number of aromatic nitrogens is 2. The van der Waals surface area contributed by atoms with Gasteiger partial charge in [0.05, 0.1) is 0 Å². The maximum absolute atomic E-state index is 9.67. The molecule has 5 nitrogen and oxygen atoms in total. The van der Waals surface area contributed by atoms with Crippen LogP contribution in [0.1, 0.15) is 125 Å². The van der Waals surface area contributed by atoms with Crippen LogP contribution in [0.25, 0.3) is 61.0 Å². The predicted octanol–water partition coefficient (Wildman–Crippen LogP) is 20.6. The van der Waals surface area contributed by atoms with Crippen LogP contribution in [-0.4, -0.2) is 9.55 Å². The molecule has 0 spiro atoms. The van der Waals surface area contributed by atoms with Gasteiger partial charge in [-0.15, -0.1) is 53.6 Å². The summed E-state index contributed by atoms with van der Waals surface area (Å²) in [5.74, 6) is 2.30. The number of ether oxygens (including phenoxy) is 1. The molecule has 9 aromatic carbocycles. The first-order valence-electron chi connectivity index (χ1n) is 30.3. The van der Waals surface area contributed by atoms with Gasteiger partial charge in [0, 0.05) is 83.4 Å². The van der Waals surface area contributed by atoms with Crippen molar-refractivity contribution in [1.82, 2.24) is 9.55 Å². The maximum atomic E-state index is 9.67. The molecule has 2 aliphatic rings. The summed E-state index contributed by atoms with van der Waals surface area (Å²) in [6.45, 7) is 15.9. The van der Waals surface area contributed by atoms with Gasteiger partial charge in [0.2, 0.25) is 0 Å². The first-order valence-corrected chi connectivity index (χ1v) is 28.3. The number of hydrogen-bond donors (Lipinski definition) is 0. The summed E-state index contributed by atoms with van der Waals surface area (Å²) in [5.41, 5.74) is 15.6. The van der Waals surface area contributed by atoms with Gasteiger partial charge in [-0.1, -0.05) is 218 Å². The number of fused-ring (bicyclic) bond motifs is 4. The monoisotopic (exact) mass is 1240 g/mol. The van der Waals surface area contributed by atoms with E-state index in [0.717, 1.165) is 72.4 Å². The van der Waals surface area contributed by atoms with Crippen LogP contribution < -0.4 is 14.5 Å². The standard InChI is InChI=1S/C75H67N4O.Pt/c1-50(2)55-44-66(51(3)4)73(67(45-55)52(5)6)56-42-59(77-49-78(70-35-20-19-34-69(70)77)74-62(53-24-11-7-12-25-53)31-23-32-63(74)54-26-13-8-14-27-54)47-61(43-56)80-60-36-37-65-64-30-17-18-33-68(64)79(71(65)48-60)72-46-58(38-41-76-72)75(39-21-10-22-40-75)57-28-15-9-16-29-57;/h7-9,11-20,23-38,41-46,49-52H,10,21-22,39-40H2,1-6H3;/q-3;/i39D2,40D2;. The summed E-state index contributed by atoms with van der Waals surface area (Å²) in [7, 11) is 0. The minimum absolute atomic E-state index is 0. The number of rotatable bonds is 13. The van der Waals surface area contributed by atoms with Gasteiger partial charge in [-0.3, -0.25) is 0 Å². The third-order valence-corrected chi connectivity index (χ3v) is 16.1. The van der Waals surface area contributed by atoms with Crippen molar-refractivity contribution in [3.8, 4) is 50.7 Å². The number of pyridine rings is 1. The number of anilines is 4. The van der Waals surface area contributed by atoms with E-state index in [0.29, 0.717) is 40.8 Å². The number of nitrogens with zero attached hydrogens (tertiary/aromatic N) is 4. The van der Waals surface area contributed by atoms with Crippen LogP contribution in [0, 0.1) is 18.8 Å². The van der Waals surface area contributed by atoms with Crippen molar-refractivity contribution in [3.63, 3.8) is 0 Å². The Balaban J connectivity index is 0.00000709. The van der Waals surface area contributed by atoms with Gasteiger partial charge in [-0.25, -0.2) is 4.98 Å². The van der Waals surface area contributed by atoms with Crippen LogP contribution >= 0.6 is 0 Å². The first kappa shape index (κ1) is 48.9. The van der Waals surface area contributed by atoms with E-state index >= 15 is 0 Å². The molecule has 2 aromatic heterocycles. The van der Waals surface area contributed by atoms with Crippen LogP contribution in [-0.2, 0) is 26.5 Å². The van der Waals surface area contributed by atoms with E-state index in [1.807, 2.05) is 54.6 Å². The molecule has 0 radical (unpaired) electrons. The SMILES string of the molecule is [2H]C1([2H])CCCC([2H])([2H])C1(c1ccccc1)c1ccnc(-n2c3[c-]c(Oc4[c-]c(N5[CH-]N(c6c(-c7ccccc7)cccc6-c6ccccc6)c6ccccc65)cc(-c5c(C(C)C)cc(C(C)C)cc5C(C)C)c4)ccc3c3ccccc32)c1.[Pt]. The molecule has 0 unspecified atom stereocenters. The molecule has 0 atom stereocenters. The van der Waals surface area contributed by atoms with Gasteiger partial charge in [0.1, 0.15) is 5.82 Å². The fourth-order valence-electron chi connectivity index (χ4n) is 12.2. The average molecular weight is 1240 g/mol. The van der Waals surface area contributed by atoms with Gasteiger partial charge in [0.25, 0.3) is 0 Å². The van der Waals surface area contributed by atoms with E-state index in [9.17, 15) is 5.48 Å². The molecule has 0 amide bonds. The van der Waals surface area contributed by atoms with E-state index in [2.05, 4.69) is 220 Å². The van der Waals surface area contributed by atoms with Crippen molar-refractivity contribution in [3.05, 3.63) is 259 Å². The van der Waals surface area contributed by atoms with Crippen LogP contribution in [0.15, 0.2) is 212 Å². The molecule has 1 aliphatic carbocycles.